The molecule has 0 unspecified atom stereocenters. The molecule has 0 aliphatic carbocycles. The standard InChI is InChI=1S/C8H6BrF4N/c1-14(8(11,12)13)7-3-2-5(9)4-6(7)10/h2-4H,1H3. The minimum atomic E-state index is -4.57. The zero-order valence-electron chi connectivity index (χ0n) is 7.07. The molecule has 0 radical (unpaired) electrons. The smallest absolute Gasteiger partial charge is 0.284 e. The molecule has 14 heavy (non-hydrogen) atoms. The third-order valence-corrected chi connectivity index (χ3v) is 2.14. The maximum Gasteiger partial charge on any atom is 0.484 e. The highest BCUT2D eigenvalue weighted by Crippen LogP contribution is 2.29. The first-order valence-corrected chi connectivity index (χ1v) is 4.37. The lowest BCUT2D eigenvalue weighted by molar-refractivity contribution is -0.125. The maximum atomic E-state index is 13.1. The average Bonchev–Trinajstić information content (AvgIpc) is 2.01. The van der Waals surface area contributed by atoms with E-state index in [1.54, 1.807) is 0 Å². The van der Waals surface area contributed by atoms with E-state index < -0.39 is 17.8 Å². The van der Waals surface area contributed by atoms with Gasteiger partial charge in [0, 0.05) is 11.5 Å². The predicted octanol–water partition coefficient (Wildman–Crippen LogP) is 3.54. The van der Waals surface area contributed by atoms with E-state index in [4.69, 9.17) is 0 Å². The predicted molar refractivity (Wildman–Crippen MR) is 48.6 cm³/mol. The second-order valence-corrected chi connectivity index (χ2v) is 3.54. The quantitative estimate of drug-likeness (QED) is 0.558. The van der Waals surface area contributed by atoms with Crippen LogP contribution in [0.5, 0.6) is 0 Å². The second kappa shape index (κ2) is 3.76. The molecule has 0 bridgehead atoms. The van der Waals surface area contributed by atoms with Gasteiger partial charge in [-0.1, -0.05) is 15.9 Å². The van der Waals surface area contributed by atoms with Crippen LogP contribution in [0.4, 0.5) is 23.2 Å². The summed E-state index contributed by atoms with van der Waals surface area (Å²) in [5.41, 5.74) is -0.499. The van der Waals surface area contributed by atoms with Crippen molar-refractivity contribution in [1.29, 1.82) is 0 Å². The molecule has 0 atom stereocenters. The number of alkyl halides is 3. The van der Waals surface area contributed by atoms with Gasteiger partial charge in [-0.2, -0.15) is 13.2 Å². The minimum Gasteiger partial charge on any atom is -0.284 e. The van der Waals surface area contributed by atoms with Gasteiger partial charge in [0.05, 0.1) is 5.69 Å². The lowest BCUT2D eigenvalue weighted by Gasteiger charge is -2.22. The summed E-state index contributed by atoms with van der Waals surface area (Å²) in [4.78, 5) is -0.0746. The molecular weight excluding hydrogens is 266 g/mol. The van der Waals surface area contributed by atoms with Crippen LogP contribution >= 0.6 is 15.9 Å². The molecule has 1 aromatic carbocycles. The first-order valence-electron chi connectivity index (χ1n) is 3.58. The molecule has 78 valence electrons. The topological polar surface area (TPSA) is 3.24 Å². The van der Waals surface area contributed by atoms with Crippen molar-refractivity contribution in [1.82, 2.24) is 0 Å². The Kier molecular flexibility index (Phi) is 3.04. The molecule has 0 amide bonds. The van der Waals surface area contributed by atoms with Crippen molar-refractivity contribution in [3.05, 3.63) is 28.5 Å². The molecule has 0 heterocycles. The number of benzene rings is 1. The zero-order valence-corrected chi connectivity index (χ0v) is 8.66. The van der Waals surface area contributed by atoms with Crippen molar-refractivity contribution in [2.75, 3.05) is 11.9 Å². The van der Waals surface area contributed by atoms with Crippen LogP contribution in [-0.2, 0) is 0 Å². The van der Waals surface area contributed by atoms with Gasteiger partial charge in [-0.05, 0) is 18.2 Å². The van der Waals surface area contributed by atoms with Gasteiger partial charge in [0.1, 0.15) is 5.82 Å². The van der Waals surface area contributed by atoms with E-state index in [1.165, 1.54) is 6.07 Å². The van der Waals surface area contributed by atoms with Crippen LogP contribution in [0.2, 0.25) is 0 Å². The summed E-state index contributed by atoms with van der Waals surface area (Å²) in [6, 6.07) is 3.39. The van der Waals surface area contributed by atoms with Crippen LogP contribution in [0.25, 0.3) is 0 Å². The monoisotopic (exact) mass is 271 g/mol. The fourth-order valence-electron chi connectivity index (χ4n) is 0.890. The van der Waals surface area contributed by atoms with Crippen molar-refractivity contribution in [3.8, 4) is 0 Å². The second-order valence-electron chi connectivity index (χ2n) is 2.62. The van der Waals surface area contributed by atoms with Crippen molar-refractivity contribution in [3.63, 3.8) is 0 Å². The van der Waals surface area contributed by atoms with Crippen molar-refractivity contribution >= 4 is 21.6 Å². The van der Waals surface area contributed by atoms with Gasteiger partial charge in [-0.25, -0.2) is 4.39 Å². The van der Waals surface area contributed by atoms with Crippen LogP contribution in [0.1, 0.15) is 0 Å². The molecule has 0 N–H and O–H groups in total. The molecule has 0 saturated carbocycles. The number of hydrogen-bond acceptors (Lipinski definition) is 1. The highest BCUT2D eigenvalue weighted by molar-refractivity contribution is 9.10. The van der Waals surface area contributed by atoms with E-state index in [0.717, 1.165) is 19.2 Å². The highest BCUT2D eigenvalue weighted by atomic mass is 79.9. The normalized spacial score (nSPS) is 11.6. The summed E-state index contributed by atoms with van der Waals surface area (Å²) in [5.74, 6) is -0.917. The summed E-state index contributed by atoms with van der Waals surface area (Å²) in [5, 5.41) is 0. The van der Waals surface area contributed by atoms with Crippen LogP contribution in [0, 0.1) is 5.82 Å². The highest BCUT2D eigenvalue weighted by Gasteiger charge is 2.35. The van der Waals surface area contributed by atoms with Crippen LogP contribution in [0.3, 0.4) is 0 Å². The van der Waals surface area contributed by atoms with Crippen LogP contribution in [0.15, 0.2) is 22.7 Å². The fourth-order valence-corrected chi connectivity index (χ4v) is 1.22. The van der Waals surface area contributed by atoms with Gasteiger partial charge in [-0.3, -0.25) is 4.90 Å². The third kappa shape index (κ3) is 2.37. The average molecular weight is 272 g/mol. The SMILES string of the molecule is CN(c1ccc(Br)cc1F)C(F)(F)F. The van der Waals surface area contributed by atoms with Gasteiger partial charge < -0.3 is 0 Å². The first kappa shape index (κ1) is 11.3. The first-order chi connectivity index (χ1) is 6.32. The Morgan fingerprint density at radius 3 is 2.29 bits per heavy atom. The lowest BCUT2D eigenvalue weighted by Crippen LogP contribution is -2.34. The molecular formula is C8H6BrF4N. The molecule has 0 fully saturated rings. The summed E-state index contributed by atoms with van der Waals surface area (Å²) in [6.45, 7) is 0. The Labute approximate surface area is 86.5 Å². The maximum absolute atomic E-state index is 13.1. The van der Waals surface area contributed by atoms with E-state index in [9.17, 15) is 17.6 Å². The molecule has 0 aliphatic rings. The minimum absolute atomic E-state index is 0.0746. The fraction of sp³-hybridized carbons (Fsp3) is 0.250. The number of rotatable bonds is 1. The van der Waals surface area contributed by atoms with E-state index in [2.05, 4.69) is 15.9 Å². The Morgan fingerprint density at radius 1 is 1.29 bits per heavy atom. The summed E-state index contributed by atoms with van der Waals surface area (Å²) in [7, 11) is 0.770. The van der Waals surface area contributed by atoms with Crippen LogP contribution in [-0.4, -0.2) is 13.3 Å². The summed E-state index contributed by atoms with van der Waals surface area (Å²) in [6.07, 6.45) is -4.57. The Balaban J connectivity index is 3.08. The Morgan fingerprint density at radius 2 is 1.86 bits per heavy atom. The van der Waals surface area contributed by atoms with E-state index in [-0.39, 0.29) is 4.90 Å². The molecule has 0 spiro atoms. The van der Waals surface area contributed by atoms with E-state index >= 15 is 0 Å². The summed E-state index contributed by atoms with van der Waals surface area (Å²) >= 11 is 2.96. The van der Waals surface area contributed by atoms with E-state index in [1.807, 2.05) is 0 Å². The van der Waals surface area contributed by atoms with Crippen molar-refractivity contribution in [2.45, 2.75) is 6.30 Å². The molecule has 1 aromatic rings. The van der Waals surface area contributed by atoms with Crippen LogP contribution < -0.4 is 4.90 Å². The van der Waals surface area contributed by atoms with Gasteiger partial charge >= 0.3 is 6.30 Å². The van der Waals surface area contributed by atoms with E-state index in [0.29, 0.717) is 4.47 Å². The number of anilines is 1. The van der Waals surface area contributed by atoms with Crippen molar-refractivity contribution < 1.29 is 17.6 Å². The summed E-state index contributed by atoms with van der Waals surface area (Å²) < 4.78 is 49.9. The Hall–Kier alpha value is -0.780. The third-order valence-electron chi connectivity index (χ3n) is 1.65. The molecule has 0 aromatic heterocycles. The lowest BCUT2D eigenvalue weighted by atomic mass is 10.3. The number of nitrogens with zero attached hydrogens (tertiary/aromatic N) is 1. The van der Waals surface area contributed by atoms with Crippen molar-refractivity contribution in [2.24, 2.45) is 0 Å². The molecule has 0 aliphatic heterocycles. The molecule has 1 nitrogen and oxygen atoms in total. The number of halogens is 5. The van der Waals surface area contributed by atoms with Gasteiger partial charge in [0.2, 0.25) is 0 Å². The van der Waals surface area contributed by atoms with Gasteiger partial charge in [0.15, 0.2) is 0 Å². The molecule has 6 heteroatoms. The largest absolute Gasteiger partial charge is 0.484 e. The molecule has 0 saturated heterocycles. The van der Waals surface area contributed by atoms with Gasteiger partial charge in [-0.15, -0.1) is 0 Å². The van der Waals surface area contributed by atoms with Gasteiger partial charge in [0.25, 0.3) is 0 Å². The Bertz CT molecular complexity index is 337. The molecule has 1 rings (SSSR count). The zero-order chi connectivity index (χ0) is 10.9. The number of hydrogen-bond donors (Lipinski definition) is 0.